The van der Waals surface area contributed by atoms with Gasteiger partial charge in [0.05, 0.1) is 25.4 Å². The molecular weight excluding hydrogens is 991 g/mol. The van der Waals surface area contributed by atoms with Crippen molar-refractivity contribution in [2.45, 2.75) is 391 Å². The summed E-state index contributed by atoms with van der Waals surface area (Å²) in [4.78, 5) is 13.2. The van der Waals surface area contributed by atoms with Crippen molar-refractivity contribution >= 4 is 16.3 Å². The second-order valence-electron chi connectivity index (χ2n) is 23.8. The monoisotopic (exact) mass is 1120 g/mol. The average Bonchev–Trinajstić information content (AvgIpc) is 3.41. The summed E-state index contributed by atoms with van der Waals surface area (Å²) in [5.74, 6) is -0.220. The lowest BCUT2D eigenvalue weighted by Crippen LogP contribution is -2.61. The van der Waals surface area contributed by atoms with Crippen molar-refractivity contribution in [1.29, 1.82) is 0 Å². The number of hydrogen-bond acceptors (Lipinski definition) is 10. The highest BCUT2D eigenvalue weighted by Crippen LogP contribution is 2.27. The number of aliphatic hydroxyl groups is 4. The molecule has 13 heteroatoms. The summed E-state index contributed by atoms with van der Waals surface area (Å²) < 4.78 is 48.0. The molecule has 6 N–H and O–H groups in total. The van der Waals surface area contributed by atoms with Crippen molar-refractivity contribution in [2.75, 3.05) is 13.2 Å². The molecule has 7 atom stereocenters. The minimum absolute atomic E-state index is 0.220. The lowest BCUT2D eigenvalue weighted by molar-refractivity contribution is -0.298. The normalized spacial score (nSPS) is 18.8. The molecule has 0 bridgehead atoms. The van der Waals surface area contributed by atoms with Crippen LogP contribution in [0.1, 0.15) is 348 Å². The minimum Gasteiger partial charge on any atom is -0.394 e. The van der Waals surface area contributed by atoms with Gasteiger partial charge in [0, 0.05) is 6.42 Å². The van der Waals surface area contributed by atoms with Crippen molar-refractivity contribution in [1.82, 2.24) is 5.32 Å². The third kappa shape index (κ3) is 46.3. The number of rotatable bonds is 60. The Morgan fingerprint density at radius 1 is 0.468 bits per heavy atom. The van der Waals surface area contributed by atoms with Crippen molar-refractivity contribution < 1.29 is 51.8 Å². The molecule has 1 aliphatic heterocycles. The molecular formula is C64H127NO11S. The Bertz CT molecular complexity index is 1360. The molecule has 0 aromatic heterocycles. The van der Waals surface area contributed by atoms with Crippen molar-refractivity contribution in [2.24, 2.45) is 0 Å². The minimum atomic E-state index is -5.08. The Morgan fingerprint density at radius 2 is 0.753 bits per heavy atom. The van der Waals surface area contributed by atoms with Gasteiger partial charge < -0.3 is 35.2 Å². The molecule has 7 unspecified atom stereocenters. The van der Waals surface area contributed by atoms with E-state index in [2.05, 4.69) is 23.3 Å². The molecule has 0 saturated carbocycles. The maximum absolute atomic E-state index is 13.2. The van der Waals surface area contributed by atoms with Crippen LogP contribution in [0.4, 0.5) is 0 Å². The van der Waals surface area contributed by atoms with Gasteiger partial charge >= 0.3 is 10.4 Å². The molecule has 0 aliphatic carbocycles. The molecule has 1 saturated heterocycles. The number of carbonyl (C=O) groups excluding carboxylic acids is 1. The fraction of sp³-hybridized carbons (Fsp3) is 0.984. The Labute approximate surface area is 475 Å². The Hall–Kier alpha value is -0.900. The maximum atomic E-state index is 13.2. The van der Waals surface area contributed by atoms with Gasteiger partial charge in [-0.25, -0.2) is 4.18 Å². The van der Waals surface area contributed by atoms with Crippen molar-refractivity contribution in [3.05, 3.63) is 0 Å². The largest absolute Gasteiger partial charge is 0.397 e. The summed E-state index contributed by atoms with van der Waals surface area (Å²) in [6.07, 6.45) is 57.1. The second-order valence-corrected chi connectivity index (χ2v) is 24.8. The summed E-state index contributed by atoms with van der Waals surface area (Å²) in [6.45, 7) is 3.52. The molecule has 460 valence electrons. The molecule has 12 nitrogen and oxygen atoms in total. The van der Waals surface area contributed by atoms with Crippen LogP contribution >= 0.6 is 0 Å². The van der Waals surface area contributed by atoms with E-state index in [0.717, 1.165) is 51.4 Å². The first kappa shape index (κ1) is 74.1. The van der Waals surface area contributed by atoms with E-state index in [1.54, 1.807) is 0 Å². The van der Waals surface area contributed by atoms with Crippen LogP contribution < -0.4 is 5.32 Å². The first-order chi connectivity index (χ1) is 37.5. The topological polar surface area (TPSA) is 192 Å². The first-order valence-corrected chi connectivity index (χ1v) is 34.8. The van der Waals surface area contributed by atoms with Crippen LogP contribution in [0.2, 0.25) is 0 Å². The SMILES string of the molecule is CCCCCCCCCCCCCCCCCCCCCCCCCCCCCCCCCC(=O)NC(COC1OC(CO)C(O)C(OS(=O)(=O)O)C1O)C(O)CCCCCCCCCCCCCCCCCCCCC. The van der Waals surface area contributed by atoms with Gasteiger partial charge in [0.15, 0.2) is 6.29 Å². The van der Waals surface area contributed by atoms with E-state index in [0.29, 0.717) is 12.8 Å². The first-order valence-electron chi connectivity index (χ1n) is 33.4. The summed E-state index contributed by atoms with van der Waals surface area (Å²) in [5, 5.41) is 45.3. The van der Waals surface area contributed by atoms with Gasteiger partial charge in [-0.2, -0.15) is 8.42 Å². The highest BCUT2D eigenvalue weighted by molar-refractivity contribution is 7.80. The van der Waals surface area contributed by atoms with E-state index in [4.69, 9.17) is 9.47 Å². The number of aliphatic hydroxyl groups excluding tert-OH is 4. The number of hydrogen-bond donors (Lipinski definition) is 6. The molecule has 77 heavy (non-hydrogen) atoms. The highest BCUT2D eigenvalue weighted by Gasteiger charge is 2.48. The summed E-state index contributed by atoms with van der Waals surface area (Å²) in [5.41, 5.74) is 0. The number of amides is 1. The summed E-state index contributed by atoms with van der Waals surface area (Å²) in [6, 6.07) is -0.854. The van der Waals surface area contributed by atoms with E-state index in [-0.39, 0.29) is 12.5 Å². The Kier molecular flexibility index (Phi) is 52.3. The molecule has 1 amide bonds. The molecule has 0 radical (unpaired) electrons. The van der Waals surface area contributed by atoms with E-state index in [1.807, 2.05) is 0 Å². The Morgan fingerprint density at radius 3 is 1.04 bits per heavy atom. The number of carbonyl (C=O) groups is 1. The fourth-order valence-corrected chi connectivity index (χ4v) is 11.8. The zero-order valence-corrected chi connectivity index (χ0v) is 51.1. The molecule has 1 heterocycles. The molecule has 0 aromatic rings. The smallest absolute Gasteiger partial charge is 0.394 e. The van der Waals surface area contributed by atoms with Crippen LogP contribution in [0.15, 0.2) is 0 Å². The predicted octanol–water partition coefficient (Wildman–Crippen LogP) is 16.8. The Balaban J connectivity index is 2.22. The quantitative estimate of drug-likeness (QED) is 0.0251. The van der Waals surface area contributed by atoms with Crippen LogP contribution in [0.25, 0.3) is 0 Å². The zero-order chi connectivity index (χ0) is 56.1. The van der Waals surface area contributed by atoms with Gasteiger partial charge in [0.25, 0.3) is 0 Å². The second kappa shape index (κ2) is 54.4. The van der Waals surface area contributed by atoms with Gasteiger partial charge in [-0.1, -0.05) is 328 Å². The standard InChI is InChI=1S/C64H127NO11S/c1-3-5-7-9-11-13-15-17-19-21-23-24-25-26-27-28-29-30-31-32-33-34-36-38-40-42-44-46-48-50-52-54-60(68)65-57(56-74-64-62(70)63(76-77(71,72)73)61(69)59(55-66)75-64)58(67)53-51-49-47-45-43-41-39-37-35-22-20-18-16-14-12-10-8-6-4-2/h57-59,61-64,66-67,69-70H,3-56H2,1-2H3,(H,65,68)(H,71,72,73). The van der Waals surface area contributed by atoms with E-state index >= 15 is 0 Å². The van der Waals surface area contributed by atoms with Crippen LogP contribution in [-0.4, -0.2) is 95.4 Å². The molecule has 0 spiro atoms. The summed E-state index contributed by atoms with van der Waals surface area (Å²) in [7, 11) is -5.08. The zero-order valence-electron chi connectivity index (χ0n) is 50.3. The third-order valence-corrected chi connectivity index (χ3v) is 16.9. The summed E-state index contributed by atoms with van der Waals surface area (Å²) >= 11 is 0. The number of ether oxygens (including phenoxy) is 2. The lowest BCUT2D eigenvalue weighted by Gasteiger charge is -2.41. The third-order valence-electron chi connectivity index (χ3n) is 16.4. The van der Waals surface area contributed by atoms with Crippen molar-refractivity contribution in [3.63, 3.8) is 0 Å². The molecule has 1 rings (SSSR count). The highest BCUT2D eigenvalue weighted by atomic mass is 32.3. The van der Waals surface area contributed by atoms with E-state index in [9.17, 15) is 38.2 Å². The fourth-order valence-electron chi connectivity index (χ4n) is 11.3. The maximum Gasteiger partial charge on any atom is 0.397 e. The van der Waals surface area contributed by atoms with Gasteiger partial charge in [-0.15, -0.1) is 0 Å². The predicted molar refractivity (Wildman–Crippen MR) is 320 cm³/mol. The number of unbranched alkanes of at least 4 members (excludes halogenated alkanes) is 48. The molecule has 0 aromatic carbocycles. The molecule has 1 fully saturated rings. The van der Waals surface area contributed by atoms with Gasteiger partial charge in [0.1, 0.15) is 24.4 Å². The van der Waals surface area contributed by atoms with E-state index in [1.165, 1.54) is 270 Å². The molecule has 1 aliphatic rings. The van der Waals surface area contributed by atoms with E-state index < -0.39 is 59.9 Å². The van der Waals surface area contributed by atoms with Gasteiger partial charge in [-0.3, -0.25) is 9.35 Å². The van der Waals surface area contributed by atoms with Crippen LogP contribution in [0.5, 0.6) is 0 Å². The lowest BCUT2D eigenvalue weighted by atomic mass is 9.99. The van der Waals surface area contributed by atoms with Gasteiger partial charge in [-0.05, 0) is 12.8 Å². The van der Waals surface area contributed by atoms with Crippen molar-refractivity contribution in [3.8, 4) is 0 Å². The van der Waals surface area contributed by atoms with Crippen LogP contribution in [0, 0.1) is 0 Å². The van der Waals surface area contributed by atoms with Crippen LogP contribution in [0.3, 0.4) is 0 Å². The van der Waals surface area contributed by atoms with Crippen LogP contribution in [-0.2, 0) is 28.9 Å². The van der Waals surface area contributed by atoms with Gasteiger partial charge in [0.2, 0.25) is 5.91 Å². The average molecular weight is 1120 g/mol. The number of nitrogens with one attached hydrogen (secondary N) is 1.